The van der Waals surface area contributed by atoms with Crippen LogP contribution in [-0.2, 0) is 5.72 Å². The van der Waals surface area contributed by atoms with Crippen molar-refractivity contribution in [2.45, 2.75) is 26.0 Å². The maximum Gasteiger partial charge on any atom is 0.316 e. The topological polar surface area (TPSA) is 35.7 Å². The quantitative estimate of drug-likeness (QED) is 0.816. The van der Waals surface area contributed by atoms with Crippen molar-refractivity contribution in [3.8, 4) is 5.75 Å². The van der Waals surface area contributed by atoms with E-state index in [0.29, 0.717) is 18.8 Å². The van der Waals surface area contributed by atoms with Gasteiger partial charge >= 0.3 is 5.17 Å². The van der Waals surface area contributed by atoms with Crippen molar-refractivity contribution in [1.82, 2.24) is 0 Å². The normalized spacial score (nSPS) is 22.2. The monoisotopic (exact) mass is 387 g/mol. The summed E-state index contributed by atoms with van der Waals surface area (Å²) < 4.78 is 21.9. The van der Waals surface area contributed by atoms with Gasteiger partial charge in [-0.15, -0.1) is 0 Å². The van der Waals surface area contributed by atoms with Gasteiger partial charge in [-0.05, 0) is 61.4 Å². The van der Waals surface area contributed by atoms with Gasteiger partial charge in [-0.25, -0.2) is 13.9 Å². The maximum absolute atomic E-state index is 14.9. The van der Waals surface area contributed by atoms with Gasteiger partial charge in [0.15, 0.2) is 6.54 Å². The van der Waals surface area contributed by atoms with Crippen LogP contribution in [0.3, 0.4) is 0 Å². The number of ether oxygens (including phenoxy) is 1. The lowest BCUT2D eigenvalue weighted by molar-refractivity contribution is -0.657. The molecule has 1 unspecified atom stereocenters. The average Bonchev–Trinajstić information content (AvgIpc) is 2.97. The van der Waals surface area contributed by atoms with Crippen molar-refractivity contribution in [3.05, 3.63) is 58.9 Å². The molecule has 0 amide bonds. The standard InChI is InChI=1S/C21H24FN2O2S/c1-14-5-6-15(2)19(11-14)23-13-21(25,24-9-4-10-27-20(23)24)17-8-7-16(26-3)12-18(17)22/h5-8,11-12,25H,4,9-10,13H2,1-3H3/q+1. The first-order chi connectivity index (χ1) is 12.9. The number of methoxy groups -OCH3 is 1. The Kier molecular flexibility index (Phi) is 4.64. The van der Waals surface area contributed by atoms with E-state index in [1.54, 1.807) is 23.9 Å². The largest absolute Gasteiger partial charge is 0.497 e. The molecular weight excluding hydrogens is 363 g/mol. The minimum absolute atomic E-state index is 0.288. The fourth-order valence-corrected chi connectivity index (χ4v) is 5.05. The Balaban J connectivity index is 1.84. The summed E-state index contributed by atoms with van der Waals surface area (Å²) in [5.41, 5.74) is 2.24. The van der Waals surface area contributed by atoms with Crippen molar-refractivity contribution in [1.29, 1.82) is 0 Å². The fourth-order valence-electron chi connectivity index (χ4n) is 3.88. The molecule has 2 aliphatic heterocycles. The van der Waals surface area contributed by atoms with Crippen LogP contribution in [-0.4, -0.2) is 40.8 Å². The van der Waals surface area contributed by atoms with E-state index >= 15 is 0 Å². The lowest BCUT2D eigenvalue weighted by atomic mass is 10.0. The molecule has 4 rings (SSSR count). The second-order valence-electron chi connectivity index (χ2n) is 7.17. The van der Waals surface area contributed by atoms with Crippen molar-refractivity contribution < 1.29 is 18.8 Å². The zero-order valence-corrected chi connectivity index (χ0v) is 16.6. The van der Waals surface area contributed by atoms with E-state index in [1.807, 2.05) is 4.58 Å². The van der Waals surface area contributed by atoms with Crippen LogP contribution in [0.5, 0.6) is 5.75 Å². The van der Waals surface area contributed by atoms with E-state index in [-0.39, 0.29) is 5.56 Å². The number of hydrogen-bond donors (Lipinski definition) is 1. The minimum Gasteiger partial charge on any atom is -0.497 e. The first-order valence-corrected chi connectivity index (χ1v) is 10.1. The molecule has 6 heteroatoms. The van der Waals surface area contributed by atoms with E-state index < -0.39 is 11.5 Å². The van der Waals surface area contributed by atoms with Gasteiger partial charge in [-0.3, -0.25) is 0 Å². The molecule has 0 spiro atoms. The van der Waals surface area contributed by atoms with Crippen LogP contribution in [0.25, 0.3) is 0 Å². The summed E-state index contributed by atoms with van der Waals surface area (Å²) in [6.07, 6.45) is 0.953. The number of aryl methyl sites for hydroxylation is 2. The van der Waals surface area contributed by atoms with Crippen molar-refractivity contribution >= 4 is 22.6 Å². The fraction of sp³-hybridized carbons (Fsp3) is 0.381. The van der Waals surface area contributed by atoms with Gasteiger partial charge in [0.1, 0.15) is 17.3 Å². The molecule has 142 valence electrons. The van der Waals surface area contributed by atoms with Gasteiger partial charge in [0.05, 0.1) is 19.2 Å². The summed E-state index contributed by atoms with van der Waals surface area (Å²) in [7, 11) is 1.51. The molecule has 0 aliphatic carbocycles. The molecule has 0 saturated heterocycles. The summed E-state index contributed by atoms with van der Waals surface area (Å²) in [5.74, 6) is 0.991. The third kappa shape index (κ3) is 3.01. The van der Waals surface area contributed by atoms with Crippen LogP contribution in [0.2, 0.25) is 0 Å². The van der Waals surface area contributed by atoms with Crippen LogP contribution < -0.4 is 9.64 Å². The van der Waals surface area contributed by atoms with Gasteiger partial charge in [0, 0.05) is 11.8 Å². The number of aliphatic hydroxyl groups is 1. The molecule has 2 heterocycles. The number of benzene rings is 2. The minimum atomic E-state index is -1.41. The number of thioether (sulfide) groups is 1. The summed E-state index contributed by atoms with van der Waals surface area (Å²) in [6.45, 7) is 5.12. The van der Waals surface area contributed by atoms with E-state index in [0.717, 1.165) is 34.2 Å². The van der Waals surface area contributed by atoms with Crippen LogP contribution in [0.1, 0.15) is 23.1 Å². The maximum atomic E-state index is 14.9. The van der Waals surface area contributed by atoms with Gasteiger partial charge in [0.25, 0.3) is 5.72 Å². The highest BCUT2D eigenvalue weighted by atomic mass is 32.2. The van der Waals surface area contributed by atoms with E-state index in [1.165, 1.54) is 13.2 Å². The lowest BCUT2D eigenvalue weighted by Crippen LogP contribution is -2.42. The highest BCUT2D eigenvalue weighted by molar-refractivity contribution is 8.13. The van der Waals surface area contributed by atoms with Crippen LogP contribution >= 0.6 is 11.8 Å². The number of anilines is 1. The lowest BCUT2D eigenvalue weighted by Gasteiger charge is -2.24. The molecule has 2 aliphatic rings. The summed E-state index contributed by atoms with van der Waals surface area (Å²) in [4.78, 5) is 2.13. The van der Waals surface area contributed by atoms with Crippen molar-refractivity contribution in [2.75, 3.05) is 30.9 Å². The summed E-state index contributed by atoms with van der Waals surface area (Å²) >= 11 is 1.72. The average molecular weight is 388 g/mol. The van der Waals surface area contributed by atoms with Crippen molar-refractivity contribution in [2.24, 2.45) is 0 Å². The second-order valence-corrected chi connectivity index (χ2v) is 8.24. The predicted molar refractivity (Wildman–Crippen MR) is 107 cm³/mol. The number of nitrogens with zero attached hydrogens (tertiary/aromatic N) is 2. The Morgan fingerprint density at radius 1 is 1.22 bits per heavy atom. The molecular formula is C21H24FN2O2S+. The first-order valence-electron chi connectivity index (χ1n) is 9.12. The third-order valence-electron chi connectivity index (χ3n) is 5.31. The molecule has 27 heavy (non-hydrogen) atoms. The molecule has 0 saturated carbocycles. The van der Waals surface area contributed by atoms with Gasteiger partial charge in [-0.2, -0.15) is 0 Å². The molecule has 1 atom stereocenters. The Hall–Kier alpha value is -2.05. The number of rotatable bonds is 3. The van der Waals surface area contributed by atoms with Crippen LogP contribution in [0.4, 0.5) is 10.1 Å². The predicted octanol–water partition coefficient (Wildman–Crippen LogP) is 3.62. The molecule has 2 aromatic carbocycles. The smallest absolute Gasteiger partial charge is 0.316 e. The highest BCUT2D eigenvalue weighted by Crippen LogP contribution is 2.40. The second kappa shape index (κ2) is 6.84. The third-order valence-corrected chi connectivity index (χ3v) is 6.50. The number of β-amino-alcohol motifs (C(OH)–C–C–N with tert-alkyl or cyclic N) is 1. The zero-order valence-electron chi connectivity index (χ0n) is 15.8. The van der Waals surface area contributed by atoms with Gasteiger partial charge in [0.2, 0.25) is 0 Å². The first kappa shape index (κ1) is 18.3. The Labute approximate surface area is 163 Å². The molecule has 0 bridgehead atoms. The van der Waals surface area contributed by atoms with Gasteiger partial charge in [-0.1, -0.05) is 12.1 Å². The Bertz CT molecular complexity index is 930. The van der Waals surface area contributed by atoms with Gasteiger partial charge < -0.3 is 9.84 Å². The zero-order chi connectivity index (χ0) is 19.2. The van der Waals surface area contributed by atoms with Crippen molar-refractivity contribution in [3.63, 3.8) is 0 Å². The highest BCUT2D eigenvalue weighted by Gasteiger charge is 2.54. The molecule has 0 aromatic heterocycles. The van der Waals surface area contributed by atoms with E-state index in [9.17, 15) is 9.50 Å². The molecule has 1 N–H and O–H groups in total. The molecule has 2 aromatic rings. The molecule has 4 nitrogen and oxygen atoms in total. The summed E-state index contributed by atoms with van der Waals surface area (Å²) in [5, 5.41) is 12.7. The van der Waals surface area contributed by atoms with Crippen LogP contribution in [0, 0.1) is 19.7 Å². The molecule has 0 fully saturated rings. The Morgan fingerprint density at radius 2 is 2.04 bits per heavy atom. The van der Waals surface area contributed by atoms with E-state index in [4.69, 9.17) is 4.74 Å². The molecule has 0 radical (unpaired) electrons. The number of hydrogen-bond acceptors (Lipinski definition) is 4. The number of halogens is 1. The SMILES string of the molecule is COc1ccc(C2(O)CN(c3cc(C)ccc3C)C3=[N+]2CCCS3)c(F)c1. The summed E-state index contributed by atoms with van der Waals surface area (Å²) in [6, 6.07) is 11.0. The number of amidine groups is 1. The van der Waals surface area contributed by atoms with E-state index in [2.05, 4.69) is 36.9 Å². The Morgan fingerprint density at radius 3 is 2.78 bits per heavy atom. The van der Waals surface area contributed by atoms with Crippen LogP contribution in [0.15, 0.2) is 36.4 Å².